The predicted molar refractivity (Wildman–Crippen MR) is 54.0 cm³/mol. The van der Waals surface area contributed by atoms with Crippen LogP contribution in [0.1, 0.15) is 19.3 Å². The third-order valence-electron chi connectivity index (χ3n) is 2.60. The molecule has 0 radical (unpaired) electrons. The van der Waals surface area contributed by atoms with Gasteiger partial charge in [-0.3, -0.25) is 0 Å². The van der Waals surface area contributed by atoms with Crippen molar-refractivity contribution in [3.63, 3.8) is 0 Å². The highest BCUT2D eigenvalue weighted by atomic mass is 16.5. The van der Waals surface area contributed by atoms with E-state index < -0.39 is 0 Å². The first kappa shape index (κ1) is 11.9. The molecule has 1 rings (SSSR count). The van der Waals surface area contributed by atoms with E-state index in [9.17, 15) is 0 Å². The second-order valence-electron chi connectivity index (χ2n) is 3.85. The normalized spacial score (nSPS) is 20.8. The van der Waals surface area contributed by atoms with Gasteiger partial charge < -0.3 is 20.3 Å². The Balaban J connectivity index is 2.10. The Morgan fingerprint density at radius 3 is 2.64 bits per heavy atom. The van der Waals surface area contributed by atoms with Crippen molar-refractivity contribution in [2.24, 2.45) is 11.7 Å². The summed E-state index contributed by atoms with van der Waals surface area (Å²) >= 11 is 0. The van der Waals surface area contributed by atoms with E-state index in [1.54, 1.807) is 7.11 Å². The quantitative estimate of drug-likeness (QED) is 0.551. The molecule has 0 amide bonds. The summed E-state index contributed by atoms with van der Waals surface area (Å²) in [6.45, 7) is 1.32. The van der Waals surface area contributed by atoms with E-state index in [1.165, 1.54) is 12.8 Å². The van der Waals surface area contributed by atoms with Crippen LogP contribution in [0.3, 0.4) is 0 Å². The Bertz CT molecular complexity index is 150. The molecule has 1 aliphatic rings. The molecule has 0 aliphatic heterocycles. The third-order valence-corrected chi connectivity index (χ3v) is 2.60. The summed E-state index contributed by atoms with van der Waals surface area (Å²) in [5.41, 5.74) is 5.93. The van der Waals surface area contributed by atoms with Crippen LogP contribution in [0.5, 0.6) is 0 Å². The Labute approximate surface area is 85.4 Å². The van der Waals surface area contributed by atoms with E-state index in [2.05, 4.69) is 0 Å². The fraction of sp³-hybridized carbons (Fsp3) is 1.00. The summed E-state index contributed by atoms with van der Waals surface area (Å²) in [5, 5.41) is 9.09. The highest BCUT2D eigenvalue weighted by Gasteiger charge is 2.34. The SMILES string of the molecule is COCCCOC(CO)C(N)C1CC1. The van der Waals surface area contributed by atoms with Gasteiger partial charge in [0.1, 0.15) is 0 Å². The highest BCUT2D eigenvalue weighted by molar-refractivity contribution is 4.89. The van der Waals surface area contributed by atoms with Gasteiger partial charge in [-0.2, -0.15) is 0 Å². The average molecular weight is 203 g/mol. The summed E-state index contributed by atoms with van der Waals surface area (Å²) in [4.78, 5) is 0. The zero-order valence-electron chi connectivity index (χ0n) is 8.82. The molecule has 4 heteroatoms. The Morgan fingerprint density at radius 1 is 1.43 bits per heavy atom. The minimum atomic E-state index is -0.195. The molecule has 0 aromatic rings. The highest BCUT2D eigenvalue weighted by Crippen LogP contribution is 2.33. The van der Waals surface area contributed by atoms with Crippen LogP contribution in [0.4, 0.5) is 0 Å². The molecule has 1 aliphatic carbocycles. The van der Waals surface area contributed by atoms with Crippen molar-refractivity contribution in [3.8, 4) is 0 Å². The van der Waals surface area contributed by atoms with E-state index in [1.807, 2.05) is 0 Å². The Morgan fingerprint density at radius 2 is 2.14 bits per heavy atom. The van der Waals surface area contributed by atoms with Gasteiger partial charge in [0.25, 0.3) is 0 Å². The van der Waals surface area contributed by atoms with Crippen LogP contribution in [-0.2, 0) is 9.47 Å². The van der Waals surface area contributed by atoms with Crippen LogP contribution in [0, 0.1) is 5.92 Å². The van der Waals surface area contributed by atoms with Crippen molar-refractivity contribution in [1.29, 1.82) is 0 Å². The van der Waals surface area contributed by atoms with Crippen molar-refractivity contribution >= 4 is 0 Å². The van der Waals surface area contributed by atoms with E-state index in [0.717, 1.165) is 6.42 Å². The lowest BCUT2D eigenvalue weighted by Gasteiger charge is -2.22. The largest absolute Gasteiger partial charge is 0.394 e. The Hall–Kier alpha value is -0.160. The van der Waals surface area contributed by atoms with Crippen molar-refractivity contribution in [3.05, 3.63) is 0 Å². The van der Waals surface area contributed by atoms with Crippen molar-refractivity contribution in [1.82, 2.24) is 0 Å². The van der Waals surface area contributed by atoms with Crippen molar-refractivity contribution < 1.29 is 14.6 Å². The lowest BCUT2D eigenvalue weighted by molar-refractivity contribution is -0.0131. The average Bonchev–Trinajstić information content (AvgIpc) is 3.00. The molecule has 3 N–H and O–H groups in total. The molecule has 4 nitrogen and oxygen atoms in total. The second kappa shape index (κ2) is 6.35. The lowest BCUT2D eigenvalue weighted by atomic mass is 10.1. The summed E-state index contributed by atoms with van der Waals surface area (Å²) in [6, 6.07) is 0.00236. The molecule has 1 saturated carbocycles. The topological polar surface area (TPSA) is 64.7 Å². The monoisotopic (exact) mass is 203 g/mol. The van der Waals surface area contributed by atoms with E-state index >= 15 is 0 Å². The van der Waals surface area contributed by atoms with Gasteiger partial charge in [-0.15, -0.1) is 0 Å². The maximum absolute atomic E-state index is 9.09. The zero-order chi connectivity index (χ0) is 10.4. The predicted octanol–water partition coefficient (Wildman–Crippen LogP) is 0.138. The van der Waals surface area contributed by atoms with Gasteiger partial charge in [0.2, 0.25) is 0 Å². The number of rotatable bonds is 8. The molecule has 0 spiro atoms. The van der Waals surface area contributed by atoms with E-state index in [4.69, 9.17) is 20.3 Å². The van der Waals surface area contributed by atoms with Gasteiger partial charge in [-0.25, -0.2) is 0 Å². The van der Waals surface area contributed by atoms with Crippen LogP contribution < -0.4 is 5.73 Å². The summed E-state index contributed by atoms with van der Waals surface area (Å²) in [6.07, 6.45) is 3.02. The summed E-state index contributed by atoms with van der Waals surface area (Å²) in [7, 11) is 1.67. The van der Waals surface area contributed by atoms with Crippen LogP contribution in [0.25, 0.3) is 0 Å². The molecule has 1 fully saturated rings. The van der Waals surface area contributed by atoms with Gasteiger partial charge in [0, 0.05) is 26.4 Å². The summed E-state index contributed by atoms with van der Waals surface area (Å²) in [5.74, 6) is 0.564. The Kier molecular flexibility index (Phi) is 5.40. The van der Waals surface area contributed by atoms with Crippen LogP contribution in [0.2, 0.25) is 0 Å². The maximum atomic E-state index is 9.09. The van der Waals surface area contributed by atoms with Crippen LogP contribution in [-0.4, -0.2) is 44.2 Å². The van der Waals surface area contributed by atoms with Gasteiger partial charge in [-0.05, 0) is 25.2 Å². The number of hydrogen-bond donors (Lipinski definition) is 2. The molecular formula is C10H21NO3. The smallest absolute Gasteiger partial charge is 0.0958 e. The van der Waals surface area contributed by atoms with Crippen molar-refractivity contribution in [2.75, 3.05) is 26.9 Å². The number of ether oxygens (including phenoxy) is 2. The van der Waals surface area contributed by atoms with E-state index in [-0.39, 0.29) is 18.8 Å². The standard InChI is InChI=1S/C10H21NO3/c1-13-5-2-6-14-9(7-12)10(11)8-3-4-8/h8-10,12H,2-7,11H2,1H3. The first-order chi connectivity index (χ1) is 6.79. The fourth-order valence-electron chi connectivity index (χ4n) is 1.51. The third kappa shape index (κ3) is 3.92. The molecular weight excluding hydrogens is 182 g/mol. The fourth-order valence-corrected chi connectivity index (χ4v) is 1.51. The van der Waals surface area contributed by atoms with Gasteiger partial charge in [-0.1, -0.05) is 0 Å². The minimum absolute atomic E-state index is 0.00236. The van der Waals surface area contributed by atoms with Crippen LogP contribution in [0.15, 0.2) is 0 Å². The first-order valence-corrected chi connectivity index (χ1v) is 5.26. The van der Waals surface area contributed by atoms with Gasteiger partial charge in [0.15, 0.2) is 0 Å². The molecule has 14 heavy (non-hydrogen) atoms. The van der Waals surface area contributed by atoms with E-state index in [0.29, 0.717) is 19.1 Å². The molecule has 2 unspecified atom stereocenters. The molecule has 0 bridgehead atoms. The number of aliphatic hydroxyl groups is 1. The molecule has 0 heterocycles. The molecule has 2 atom stereocenters. The second-order valence-corrected chi connectivity index (χ2v) is 3.85. The van der Waals surface area contributed by atoms with Gasteiger partial charge >= 0.3 is 0 Å². The summed E-state index contributed by atoms with van der Waals surface area (Å²) < 4.78 is 10.4. The molecule has 0 aromatic carbocycles. The van der Waals surface area contributed by atoms with Crippen LogP contribution >= 0.6 is 0 Å². The zero-order valence-corrected chi connectivity index (χ0v) is 8.82. The number of methoxy groups -OCH3 is 1. The number of hydrogen-bond acceptors (Lipinski definition) is 4. The first-order valence-electron chi connectivity index (χ1n) is 5.26. The minimum Gasteiger partial charge on any atom is -0.394 e. The maximum Gasteiger partial charge on any atom is 0.0958 e. The molecule has 0 aromatic heterocycles. The number of aliphatic hydroxyl groups excluding tert-OH is 1. The number of nitrogens with two attached hydrogens (primary N) is 1. The van der Waals surface area contributed by atoms with Gasteiger partial charge in [0.05, 0.1) is 12.7 Å². The molecule has 0 saturated heterocycles. The molecule has 84 valence electrons. The lowest BCUT2D eigenvalue weighted by Crippen LogP contribution is -2.41. The van der Waals surface area contributed by atoms with Crippen molar-refractivity contribution in [2.45, 2.75) is 31.4 Å².